The van der Waals surface area contributed by atoms with Gasteiger partial charge in [0.2, 0.25) is 0 Å². The fourth-order valence-electron chi connectivity index (χ4n) is 5.79. The highest BCUT2D eigenvalue weighted by Gasteiger charge is 2.40. The smallest absolute Gasteiger partial charge is 0.275 e. The Morgan fingerprint density at radius 3 is 2.50 bits per heavy atom. The average molecular weight is 539 g/mol. The lowest BCUT2D eigenvalue weighted by molar-refractivity contribution is 0.0431. The van der Waals surface area contributed by atoms with E-state index >= 15 is 0 Å². The highest BCUT2D eigenvalue weighted by atomic mass is 16.2. The first kappa shape index (κ1) is 27.8. The second-order valence-corrected chi connectivity index (χ2v) is 12.3. The van der Waals surface area contributed by atoms with Crippen LogP contribution in [0, 0.1) is 25.2 Å². The van der Waals surface area contributed by atoms with Crippen LogP contribution < -0.4 is 5.32 Å². The van der Waals surface area contributed by atoms with Crippen LogP contribution in [0.5, 0.6) is 0 Å². The van der Waals surface area contributed by atoms with Crippen LogP contribution in [0.25, 0.3) is 11.3 Å². The highest BCUT2D eigenvalue weighted by molar-refractivity contribution is 5.92. The summed E-state index contributed by atoms with van der Waals surface area (Å²) in [5, 5.41) is 8.08. The first-order chi connectivity index (χ1) is 19.1. The molecule has 40 heavy (non-hydrogen) atoms. The van der Waals surface area contributed by atoms with Gasteiger partial charge in [-0.3, -0.25) is 9.48 Å². The molecule has 5 rings (SSSR count). The molecular weight excluding hydrogens is 496 g/mol. The number of carbonyl (C=O) groups is 1. The van der Waals surface area contributed by atoms with E-state index in [2.05, 4.69) is 90.2 Å². The van der Waals surface area contributed by atoms with Crippen LogP contribution >= 0.6 is 0 Å². The normalized spacial score (nSPS) is 16.3. The summed E-state index contributed by atoms with van der Waals surface area (Å²) in [5.74, 6) is 1.24. The Labute approximate surface area is 238 Å². The molecule has 0 aliphatic carbocycles. The van der Waals surface area contributed by atoms with Gasteiger partial charge in [0.15, 0.2) is 5.69 Å². The van der Waals surface area contributed by atoms with Crippen molar-refractivity contribution in [1.29, 1.82) is 0 Å². The number of amides is 1. The van der Waals surface area contributed by atoms with Gasteiger partial charge in [-0.2, -0.15) is 5.10 Å². The molecule has 0 bridgehead atoms. The van der Waals surface area contributed by atoms with Crippen molar-refractivity contribution >= 4 is 5.91 Å². The largest absolute Gasteiger partial charge is 0.328 e. The Bertz CT molecular complexity index is 1440. The highest BCUT2D eigenvalue weighted by Crippen LogP contribution is 2.40. The second-order valence-electron chi connectivity index (χ2n) is 12.3. The summed E-state index contributed by atoms with van der Waals surface area (Å²) in [6.07, 6.45) is 3.20. The Balaban J connectivity index is 1.65. The van der Waals surface area contributed by atoms with Crippen molar-refractivity contribution in [1.82, 2.24) is 29.5 Å². The van der Waals surface area contributed by atoms with Crippen LogP contribution in [0.4, 0.5) is 0 Å². The summed E-state index contributed by atoms with van der Waals surface area (Å²) in [6, 6.07) is 20.6. The quantitative estimate of drug-likeness (QED) is 0.308. The Kier molecular flexibility index (Phi) is 7.95. The van der Waals surface area contributed by atoms with Crippen LogP contribution in [-0.2, 0) is 13.6 Å². The first-order valence-electron chi connectivity index (χ1n) is 14.3. The molecule has 7 nitrogen and oxygen atoms in total. The third-order valence-electron chi connectivity index (χ3n) is 7.90. The van der Waals surface area contributed by atoms with E-state index in [0.717, 1.165) is 42.3 Å². The maximum atomic E-state index is 14.3. The number of benzene rings is 2. The molecule has 0 spiro atoms. The third-order valence-corrected chi connectivity index (χ3v) is 7.90. The van der Waals surface area contributed by atoms with Crippen LogP contribution in [-0.4, -0.2) is 49.8 Å². The van der Waals surface area contributed by atoms with Crippen molar-refractivity contribution in [3.8, 4) is 11.3 Å². The van der Waals surface area contributed by atoms with Gasteiger partial charge in [-0.05, 0) is 56.3 Å². The zero-order valence-corrected chi connectivity index (χ0v) is 24.7. The van der Waals surface area contributed by atoms with Gasteiger partial charge in [-0.25, -0.2) is 4.98 Å². The molecule has 4 aromatic rings. The van der Waals surface area contributed by atoms with Crippen LogP contribution in [0.15, 0.2) is 66.9 Å². The monoisotopic (exact) mass is 538 g/mol. The predicted octanol–water partition coefficient (Wildman–Crippen LogP) is 5.79. The van der Waals surface area contributed by atoms with Gasteiger partial charge >= 0.3 is 0 Å². The number of imidazole rings is 1. The lowest BCUT2D eigenvalue weighted by atomic mass is 9.84. The van der Waals surface area contributed by atoms with Crippen LogP contribution in [0.3, 0.4) is 0 Å². The van der Waals surface area contributed by atoms with E-state index in [9.17, 15) is 4.79 Å². The van der Waals surface area contributed by atoms with Gasteiger partial charge in [0.1, 0.15) is 5.82 Å². The van der Waals surface area contributed by atoms with E-state index in [4.69, 9.17) is 4.98 Å². The molecule has 2 atom stereocenters. The SMILES string of the molecule is Cc1cccc(Cn2cc(-c3ccccc3)nc2[C@H](N(CC2CCNC2)C(=O)c2cc(C)n(C)n2)C(C)(C)C)c1. The average Bonchev–Trinajstić information content (AvgIpc) is 3.65. The summed E-state index contributed by atoms with van der Waals surface area (Å²) in [6.45, 7) is 14.0. The number of rotatable bonds is 8. The molecule has 1 amide bonds. The van der Waals surface area contributed by atoms with E-state index in [-0.39, 0.29) is 17.4 Å². The number of nitrogens with zero attached hydrogens (tertiary/aromatic N) is 5. The van der Waals surface area contributed by atoms with Gasteiger partial charge in [-0.15, -0.1) is 0 Å². The minimum atomic E-state index is -0.283. The van der Waals surface area contributed by atoms with Crippen molar-refractivity contribution in [2.75, 3.05) is 19.6 Å². The predicted molar refractivity (Wildman–Crippen MR) is 160 cm³/mol. The lowest BCUT2D eigenvalue weighted by Crippen LogP contribution is -2.45. The molecule has 2 aromatic carbocycles. The lowest BCUT2D eigenvalue weighted by Gasteiger charge is -2.40. The van der Waals surface area contributed by atoms with Crippen molar-refractivity contribution in [3.63, 3.8) is 0 Å². The number of aryl methyl sites for hydroxylation is 3. The fraction of sp³-hybridized carbons (Fsp3) is 0.424. The minimum Gasteiger partial charge on any atom is -0.328 e. The molecule has 1 aliphatic heterocycles. The van der Waals surface area contributed by atoms with E-state index in [1.807, 2.05) is 38.2 Å². The number of carbonyl (C=O) groups excluding carboxylic acids is 1. The summed E-state index contributed by atoms with van der Waals surface area (Å²) < 4.78 is 4.03. The molecule has 1 unspecified atom stereocenters. The van der Waals surface area contributed by atoms with E-state index < -0.39 is 0 Å². The molecule has 7 heteroatoms. The van der Waals surface area contributed by atoms with Crippen molar-refractivity contribution in [3.05, 3.63) is 95.2 Å². The van der Waals surface area contributed by atoms with E-state index in [1.165, 1.54) is 11.1 Å². The Morgan fingerprint density at radius 2 is 1.88 bits per heavy atom. The van der Waals surface area contributed by atoms with Crippen molar-refractivity contribution < 1.29 is 4.79 Å². The summed E-state index contributed by atoms with van der Waals surface area (Å²) >= 11 is 0. The Morgan fingerprint density at radius 1 is 1.10 bits per heavy atom. The van der Waals surface area contributed by atoms with Gasteiger partial charge in [0, 0.05) is 37.6 Å². The second kappa shape index (κ2) is 11.4. The molecule has 210 valence electrons. The zero-order chi connectivity index (χ0) is 28.4. The number of aromatic nitrogens is 4. The standard InChI is InChI=1S/C33H42N6O/c1-23-11-10-12-25(17-23)20-38-22-29(27-13-8-7-9-14-27)35-31(38)30(33(3,4)5)39(21-26-15-16-34-19-26)32(40)28-18-24(2)37(6)36-28/h7-14,17-18,22,26,30,34H,15-16,19-21H2,1-6H3/t26?,30-/m0/s1. The first-order valence-corrected chi connectivity index (χ1v) is 14.3. The van der Waals surface area contributed by atoms with Gasteiger partial charge < -0.3 is 14.8 Å². The maximum absolute atomic E-state index is 14.3. The molecule has 0 saturated carbocycles. The molecule has 1 fully saturated rings. The Hall–Kier alpha value is -3.71. The molecule has 1 N–H and O–H groups in total. The zero-order valence-electron chi connectivity index (χ0n) is 24.7. The molecule has 0 radical (unpaired) electrons. The fourth-order valence-corrected chi connectivity index (χ4v) is 5.79. The van der Waals surface area contributed by atoms with E-state index in [0.29, 0.717) is 24.7 Å². The van der Waals surface area contributed by atoms with Crippen molar-refractivity contribution in [2.24, 2.45) is 18.4 Å². The van der Waals surface area contributed by atoms with E-state index in [1.54, 1.807) is 4.68 Å². The molecule has 2 aromatic heterocycles. The summed E-state index contributed by atoms with van der Waals surface area (Å²) in [7, 11) is 1.89. The topological polar surface area (TPSA) is 68.0 Å². The molecule has 3 heterocycles. The summed E-state index contributed by atoms with van der Waals surface area (Å²) in [4.78, 5) is 21.7. The molecule has 1 saturated heterocycles. The third kappa shape index (κ3) is 6.04. The number of hydrogen-bond acceptors (Lipinski definition) is 4. The summed E-state index contributed by atoms with van der Waals surface area (Å²) in [5.41, 5.74) is 5.59. The van der Waals surface area contributed by atoms with Crippen LogP contribution in [0.1, 0.15) is 66.4 Å². The van der Waals surface area contributed by atoms with Gasteiger partial charge in [0.05, 0.1) is 11.7 Å². The maximum Gasteiger partial charge on any atom is 0.275 e. The molecular formula is C33H42N6O. The van der Waals surface area contributed by atoms with Gasteiger partial charge in [-0.1, -0.05) is 80.9 Å². The van der Waals surface area contributed by atoms with Crippen molar-refractivity contribution in [2.45, 2.75) is 53.6 Å². The number of nitrogens with one attached hydrogen (secondary N) is 1. The minimum absolute atomic E-state index is 0.0399. The van der Waals surface area contributed by atoms with Gasteiger partial charge in [0.25, 0.3) is 5.91 Å². The number of hydrogen-bond donors (Lipinski definition) is 1. The molecule has 1 aliphatic rings. The van der Waals surface area contributed by atoms with Crippen LogP contribution in [0.2, 0.25) is 0 Å².